The number of rotatable bonds is 9. The van der Waals surface area contributed by atoms with E-state index in [1.165, 1.54) is 0 Å². The number of aromatic nitrogens is 1. The second-order valence-electron chi connectivity index (χ2n) is 6.06. The van der Waals surface area contributed by atoms with E-state index < -0.39 is 5.97 Å². The van der Waals surface area contributed by atoms with Crippen LogP contribution in [0.4, 0.5) is 5.69 Å². The molecule has 0 saturated carbocycles. The van der Waals surface area contributed by atoms with Gasteiger partial charge in [0.15, 0.2) is 6.61 Å². The second kappa shape index (κ2) is 10.2. The van der Waals surface area contributed by atoms with E-state index in [4.69, 9.17) is 10.00 Å². The first kappa shape index (κ1) is 21.1. The van der Waals surface area contributed by atoms with Crippen molar-refractivity contribution in [3.8, 4) is 17.3 Å². The molecule has 8 heteroatoms. The molecule has 1 aromatic carbocycles. The predicted octanol–water partition coefficient (Wildman–Crippen LogP) is 3.14. The maximum Gasteiger partial charge on any atom is 0.351 e. The predicted molar refractivity (Wildman–Crippen MR) is 109 cm³/mol. The topological polar surface area (TPSA) is 95.3 Å². The van der Waals surface area contributed by atoms with Gasteiger partial charge in [-0.25, -0.2) is 9.78 Å². The van der Waals surface area contributed by atoms with Crippen LogP contribution in [0.1, 0.15) is 27.5 Å². The molecule has 1 amide bonds. The van der Waals surface area contributed by atoms with Crippen LogP contribution in [0.2, 0.25) is 0 Å². The van der Waals surface area contributed by atoms with Crippen molar-refractivity contribution in [1.82, 2.24) is 10.3 Å². The van der Waals surface area contributed by atoms with Crippen LogP contribution in [0.15, 0.2) is 36.9 Å². The highest BCUT2D eigenvalue weighted by atomic mass is 32.1. The molecule has 1 heterocycles. The third kappa shape index (κ3) is 5.66. The summed E-state index contributed by atoms with van der Waals surface area (Å²) in [5.41, 5.74) is 2.26. The summed E-state index contributed by atoms with van der Waals surface area (Å²) in [7, 11) is 3.88. The van der Waals surface area contributed by atoms with Gasteiger partial charge < -0.3 is 15.0 Å². The van der Waals surface area contributed by atoms with Crippen LogP contribution in [0.5, 0.6) is 0 Å². The second-order valence-corrected chi connectivity index (χ2v) is 7.15. The monoisotopic (exact) mass is 398 g/mol. The van der Waals surface area contributed by atoms with Crippen molar-refractivity contribution in [3.05, 3.63) is 46.8 Å². The molecular formula is C20H22N4O3S. The molecular weight excluding hydrogens is 376 g/mol. The van der Waals surface area contributed by atoms with Gasteiger partial charge in [0, 0.05) is 31.8 Å². The fourth-order valence-corrected chi connectivity index (χ4v) is 3.27. The Hall–Kier alpha value is -3.18. The molecule has 2 aromatic rings. The zero-order valence-corrected chi connectivity index (χ0v) is 16.7. The number of allylic oxidation sites excluding steroid dienone is 1. The number of carbonyl (C=O) groups is 2. The highest BCUT2D eigenvalue weighted by molar-refractivity contribution is 7.14. The lowest BCUT2D eigenvalue weighted by Crippen LogP contribution is -2.22. The van der Waals surface area contributed by atoms with Gasteiger partial charge in [-0.2, -0.15) is 5.26 Å². The Morgan fingerprint density at radius 2 is 2.07 bits per heavy atom. The highest BCUT2D eigenvalue weighted by Gasteiger charge is 2.21. The SMILES string of the molecule is C=CCCC(=O)NCc1nc(-c2ccc(N(C)C)cc2)c(C(=O)OCC#N)s1. The largest absolute Gasteiger partial charge is 0.446 e. The number of anilines is 1. The zero-order chi connectivity index (χ0) is 20.5. The Kier molecular flexibility index (Phi) is 7.72. The number of ether oxygens (including phenoxy) is 1. The Morgan fingerprint density at radius 3 is 2.68 bits per heavy atom. The van der Waals surface area contributed by atoms with Gasteiger partial charge in [0.25, 0.3) is 0 Å². The molecule has 2 rings (SSSR count). The number of benzene rings is 1. The number of hydrogen-bond donors (Lipinski definition) is 1. The molecule has 7 nitrogen and oxygen atoms in total. The van der Waals surface area contributed by atoms with Crippen molar-refractivity contribution >= 4 is 28.9 Å². The van der Waals surface area contributed by atoms with E-state index >= 15 is 0 Å². The number of nitrogens with one attached hydrogen (secondary N) is 1. The van der Waals surface area contributed by atoms with Crippen molar-refractivity contribution < 1.29 is 14.3 Å². The van der Waals surface area contributed by atoms with Crippen molar-refractivity contribution in [2.24, 2.45) is 0 Å². The van der Waals surface area contributed by atoms with E-state index in [9.17, 15) is 9.59 Å². The molecule has 0 unspecified atom stereocenters. The quantitative estimate of drug-likeness (QED) is 0.515. The van der Waals surface area contributed by atoms with E-state index in [1.54, 1.807) is 12.1 Å². The van der Waals surface area contributed by atoms with Crippen molar-refractivity contribution in [2.75, 3.05) is 25.6 Å². The number of amides is 1. The molecule has 0 aliphatic heterocycles. The van der Waals surface area contributed by atoms with Crippen LogP contribution in [0, 0.1) is 11.3 Å². The number of carbonyl (C=O) groups excluding carboxylic acids is 2. The van der Waals surface area contributed by atoms with Crippen LogP contribution in [0.3, 0.4) is 0 Å². The minimum absolute atomic E-state index is 0.111. The van der Waals surface area contributed by atoms with Crippen molar-refractivity contribution in [1.29, 1.82) is 5.26 Å². The summed E-state index contributed by atoms with van der Waals surface area (Å²) in [6.45, 7) is 3.48. The molecule has 0 spiro atoms. The van der Waals surface area contributed by atoms with Gasteiger partial charge in [-0.05, 0) is 18.6 Å². The lowest BCUT2D eigenvalue weighted by atomic mass is 10.1. The Balaban J connectivity index is 2.27. The lowest BCUT2D eigenvalue weighted by molar-refractivity contribution is -0.121. The molecule has 0 radical (unpaired) electrons. The van der Waals surface area contributed by atoms with E-state index in [-0.39, 0.29) is 19.1 Å². The third-order valence-electron chi connectivity index (χ3n) is 3.79. The average Bonchev–Trinajstić information content (AvgIpc) is 3.13. The summed E-state index contributed by atoms with van der Waals surface area (Å²) in [5.74, 6) is -0.712. The van der Waals surface area contributed by atoms with Gasteiger partial charge >= 0.3 is 5.97 Å². The first-order chi connectivity index (χ1) is 13.5. The number of hydrogen-bond acceptors (Lipinski definition) is 7. The number of nitrogens with zero attached hydrogens (tertiary/aromatic N) is 3. The molecule has 1 aromatic heterocycles. The summed E-state index contributed by atoms with van der Waals surface area (Å²) < 4.78 is 4.96. The maximum atomic E-state index is 12.4. The first-order valence-corrected chi connectivity index (χ1v) is 9.47. The van der Waals surface area contributed by atoms with Gasteiger partial charge in [-0.15, -0.1) is 17.9 Å². The van der Waals surface area contributed by atoms with Gasteiger partial charge in [-0.1, -0.05) is 18.2 Å². The number of nitriles is 1. The summed E-state index contributed by atoms with van der Waals surface area (Å²) in [6, 6.07) is 9.38. The fourth-order valence-electron chi connectivity index (χ4n) is 2.35. The number of thiazole rings is 1. The maximum absolute atomic E-state index is 12.4. The summed E-state index contributed by atoms with van der Waals surface area (Å²) in [5, 5.41) is 12.0. The van der Waals surface area contributed by atoms with Gasteiger partial charge in [0.1, 0.15) is 16.0 Å². The van der Waals surface area contributed by atoms with Gasteiger partial charge in [0.2, 0.25) is 5.91 Å². The van der Waals surface area contributed by atoms with E-state index in [0.717, 1.165) is 22.6 Å². The summed E-state index contributed by atoms with van der Waals surface area (Å²) in [4.78, 5) is 31.0. The van der Waals surface area contributed by atoms with E-state index in [0.29, 0.717) is 28.4 Å². The van der Waals surface area contributed by atoms with Crippen LogP contribution in [-0.4, -0.2) is 37.6 Å². The molecule has 1 N–H and O–H groups in total. The van der Waals surface area contributed by atoms with E-state index in [1.807, 2.05) is 43.3 Å². The fraction of sp³-hybridized carbons (Fsp3) is 0.300. The minimum Gasteiger partial charge on any atom is -0.446 e. The molecule has 0 aliphatic carbocycles. The molecule has 0 bridgehead atoms. The van der Waals surface area contributed by atoms with Gasteiger partial charge in [0.05, 0.1) is 12.2 Å². The molecule has 28 heavy (non-hydrogen) atoms. The molecule has 0 atom stereocenters. The molecule has 146 valence electrons. The van der Waals surface area contributed by atoms with Crippen LogP contribution in [-0.2, 0) is 16.1 Å². The Labute approximate surface area is 168 Å². The van der Waals surface area contributed by atoms with Crippen LogP contribution in [0.25, 0.3) is 11.3 Å². The van der Waals surface area contributed by atoms with E-state index in [2.05, 4.69) is 16.9 Å². The summed E-state index contributed by atoms with van der Waals surface area (Å²) in [6.07, 6.45) is 2.63. The normalized spacial score (nSPS) is 10.0. The smallest absolute Gasteiger partial charge is 0.351 e. The highest BCUT2D eigenvalue weighted by Crippen LogP contribution is 2.30. The molecule has 0 aliphatic rings. The lowest BCUT2D eigenvalue weighted by Gasteiger charge is -2.12. The average molecular weight is 398 g/mol. The Bertz CT molecular complexity index is 882. The standard InChI is InChI=1S/C20H22N4O3S/c1-4-5-6-16(25)22-13-17-23-18(19(28-17)20(26)27-12-11-21)14-7-9-15(10-8-14)24(2)3/h4,7-10H,1,5-6,12-13H2,2-3H3,(H,22,25). The first-order valence-electron chi connectivity index (χ1n) is 8.65. The van der Waals surface area contributed by atoms with Crippen molar-refractivity contribution in [2.45, 2.75) is 19.4 Å². The van der Waals surface area contributed by atoms with Crippen molar-refractivity contribution in [3.63, 3.8) is 0 Å². The minimum atomic E-state index is -0.602. The third-order valence-corrected chi connectivity index (χ3v) is 4.83. The summed E-state index contributed by atoms with van der Waals surface area (Å²) >= 11 is 1.15. The molecule has 0 saturated heterocycles. The van der Waals surface area contributed by atoms with Crippen LogP contribution < -0.4 is 10.2 Å². The molecule has 0 fully saturated rings. The van der Waals surface area contributed by atoms with Crippen LogP contribution >= 0.6 is 11.3 Å². The Morgan fingerprint density at radius 1 is 1.36 bits per heavy atom. The zero-order valence-electron chi connectivity index (χ0n) is 15.9. The van der Waals surface area contributed by atoms with Gasteiger partial charge in [-0.3, -0.25) is 4.79 Å². The number of esters is 1.